The number of nitrogens with one attached hydrogen (secondary N) is 1. The van der Waals surface area contributed by atoms with Gasteiger partial charge in [-0.2, -0.15) is 0 Å². The molecule has 0 radical (unpaired) electrons. The summed E-state index contributed by atoms with van der Waals surface area (Å²) in [7, 11) is 1.79. The van der Waals surface area contributed by atoms with Crippen molar-refractivity contribution < 1.29 is 15.3 Å². The predicted molar refractivity (Wildman–Crippen MR) is 51.4 cm³/mol. The van der Waals surface area contributed by atoms with Gasteiger partial charge >= 0.3 is 0 Å². The number of benzene rings is 1. The number of hydrogen-bond acceptors (Lipinski definition) is 4. The normalized spacial score (nSPS) is 18.1. The van der Waals surface area contributed by atoms with Crippen LogP contribution in [0.2, 0.25) is 0 Å². The van der Waals surface area contributed by atoms with E-state index in [9.17, 15) is 10.2 Å². The molecule has 1 aliphatic rings. The molecule has 0 aliphatic heterocycles. The number of rotatable bonds is 2. The third-order valence-electron chi connectivity index (χ3n) is 2.79. The van der Waals surface area contributed by atoms with Gasteiger partial charge in [-0.3, -0.25) is 0 Å². The molecule has 0 amide bonds. The highest BCUT2D eigenvalue weighted by Gasteiger charge is 2.46. The van der Waals surface area contributed by atoms with E-state index in [0.29, 0.717) is 5.56 Å². The van der Waals surface area contributed by atoms with Gasteiger partial charge in [-0.1, -0.05) is 0 Å². The maximum atomic E-state index is 9.62. The summed E-state index contributed by atoms with van der Waals surface area (Å²) in [6.07, 6.45) is 1.77. The molecule has 1 aliphatic carbocycles. The van der Waals surface area contributed by atoms with Crippen molar-refractivity contribution in [1.29, 1.82) is 0 Å². The SMILES string of the molecule is CNC1(c2c(O)cc(O)cc2O)CC1. The van der Waals surface area contributed by atoms with Gasteiger partial charge in [0, 0.05) is 12.1 Å². The summed E-state index contributed by atoms with van der Waals surface area (Å²) in [5.41, 5.74) is 0.180. The highest BCUT2D eigenvalue weighted by Crippen LogP contribution is 2.52. The lowest BCUT2D eigenvalue weighted by Gasteiger charge is -2.17. The van der Waals surface area contributed by atoms with Gasteiger partial charge in [0.2, 0.25) is 0 Å². The summed E-state index contributed by atoms with van der Waals surface area (Å²) >= 11 is 0. The first-order chi connectivity index (χ1) is 6.59. The van der Waals surface area contributed by atoms with Crippen molar-refractivity contribution in [3.8, 4) is 17.2 Å². The zero-order valence-electron chi connectivity index (χ0n) is 7.91. The lowest BCUT2D eigenvalue weighted by atomic mass is 10.0. The van der Waals surface area contributed by atoms with Crippen LogP contribution in [0.3, 0.4) is 0 Å². The Balaban J connectivity index is 2.53. The van der Waals surface area contributed by atoms with Crippen LogP contribution < -0.4 is 5.32 Å². The average Bonchev–Trinajstić information content (AvgIpc) is 2.83. The Hall–Kier alpha value is -1.42. The molecule has 1 aromatic rings. The summed E-state index contributed by atoms with van der Waals surface area (Å²) in [5, 5.41) is 31.4. The highest BCUT2D eigenvalue weighted by atomic mass is 16.3. The number of aromatic hydroxyl groups is 3. The molecule has 1 saturated carbocycles. The molecule has 0 atom stereocenters. The first-order valence-corrected chi connectivity index (χ1v) is 4.53. The van der Waals surface area contributed by atoms with Gasteiger partial charge in [0.25, 0.3) is 0 Å². The van der Waals surface area contributed by atoms with E-state index in [1.807, 2.05) is 0 Å². The van der Waals surface area contributed by atoms with Gasteiger partial charge in [-0.15, -0.1) is 0 Å². The van der Waals surface area contributed by atoms with E-state index >= 15 is 0 Å². The van der Waals surface area contributed by atoms with Crippen LogP contribution in [0.25, 0.3) is 0 Å². The summed E-state index contributed by atoms with van der Waals surface area (Å²) in [4.78, 5) is 0. The molecular weight excluding hydrogens is 182 g/mol. The van der Waals surface area contributed by atoms with Crippen LogP contribution in [0.1, 0.15) is 18.4 Å². The molecule has 2 rings (SSSR count). The van der Waals surface area contributed by atoms with E-state index in [1.54, 1.807) is 7.05 Å². The van der Waals surface area contributed by atoms with Crippen molar-refractivity contribution in [2.75, 3.05) is 7.05 Å². The van der Waals surface area contributed by atoms with Gasteiger partial charge in [-0.25, -0.2) is 0 Å². The van der Waals surface area contributed by atoms with Crippen molar-refractivity contribution in [3.05, 3.63) is 17.7 Å². The molecule has 1 aromatic carbocycles. The Morgan fingerprint density at radius 1 is 1.14 bits per heavy atom. The molecule has 0 bridgehead atoms. The van der Waals surface area contributed by atoms with Crippen LogP contribution in [-0.2, 0) is 5.54 Å². The first-order valence-electron chi connectivity index (χ1n) is 4.53. The van der Waals surface area contributed by atoms with E-state index < -0.39 is 0 Å². The Morgan fingerprint density at radius 2 is 1.64 bits per heavy atom. The van der Waals surface area contributed by atoms with Crippen LogP contribution in [0, 0.1) is 0 Å². The maximum Gasteiger partial charge on any atom is 0.128 e. The van der Waals surface area contributed by atoms with Gasteiger partial charge in [0.15, 0.2) is 0 Å². The summed E-state index contributed by atoms with van der Waals surface area (Å²) in [6.45, 7) is 0. The van der Waals surface area contributed by atoms with Crippen LogP contribution >= 0.6 is 0 Å². The lowest BCUT2D eigenvalue weighted by Crippen LogP contribution is -2.24. The molecule has 0 heterocycles. The zero-order chi connectivity index (χ0) is 10.3. The second kappa shape index (κ2) is 2.78. The highest BCUT2D eigenvalue weighted by molar-refractivity contribution is 5.54. The molecule has 76 valence electrons. The molecule has 0 aromatic heterocycles. The number of phenols is 3. The molecule has 0 saturated heterocycles. The van der Waals surface area contributed by atoms with E-state index in [1.165, 1.54) is 12.1 Å². The van der Waals surface area contributed by atoms with Crippen molar-refractivity contribution in [2.24, 2.45) is 0 Å². The fourth-order valence-corrected chi connectivity index (χ4v) is 1.84. The topological polar surface area (TPSA) is 72.7 Å². The molecule has 1 fully saturated rings. The molecular formula is C10H13NO3. The lowest BCUT2D eigenvalue weighted by molar-refractivity contribution is 0.400. The average molecular weight is 195 g/mol. The standard InChI is InChI=1S/C10H13NO3/c1-11-10(2-3-10)9-7(13)4-6(12)5-8(9)14/h4-5,11-14H,2-3H2,1H3. The quantitative estimate of drug-likeness (QED) is 0.568. The van der Waals surface area contributed by atoms with Crippen LogP contribution in [-0.4, -0.2) is 22.4 Å². The summed E-state index contributed by atoms with van der Waals surface area (Å²) in [6, 6.07) is 2.49. The number of phenolic OH excluding ortho intramolecular Hbond substituents is 3. The minimum atomic E-state index is -0.304. The van der Waals surface area contributed by atoms with Gasteiger partial charge < -0.3 is 20.6 Å². The molecule has 4 N–H and O–H groups in total. The second-order valence-corrected chi connectivity index (χ2v) is 3.69. The van der Waals surface area contributed by atoms with Crippen molar-refractivity contribution in [1.82, 2.24) is 5.32 Å². The van der Waals surface area contributed by atoms with Crippen LogP contribution in [0.5, 0.6) is 17.2 Å². The fraction of sp³-hybridized carbons (Fsp3) is 0.400. The smallest absolute Gasteiger partial charge is 0.128 e. The fourth-order valence-electron chi connectivity index (χ4n) is 1.84. The zero-order valence-corrected chi connectivity index (χ0v) is 7.91. The Kier molecular flexibility index (Phi) is 1.82. The maximum absolute atomic E-state index is 9.62. The monoisotopic (exact) mass is 195 g/mol. The summed E-state index contributed by atoms with van der Waals surface area (Å²) in [5.74, 6) is -0.251. The largest absolute Gasteiger partial charge is 0.508 e. The van der Waals surface area contributed by atoms with E-state index in [4.69, 9.17) is 5.11 Å². The number of hydrogen-bond donors (Lipinski definition) is 4. The second-order valence-electron chi connectivity index (χ2n) is 3.69. The van der Waals surface area contributed by atoms with Gasteiger partial charge in [0.1, 0.15) is 17.2 Å². The predicted octanol–water partition coefficient (Wildman–Crippen LogP) is 1.01. The Morgan fingerprint density at radius 3 is 2.00 bits per heavy atom. The van der Waals surface area contributed by atoms with Gasteiger partial charge in [0.05, 0.1) is 11.1 Å². The first kappa shape index (κ1) is 9.15. The molecule has 4 heteroatoms. The van der Waals surface area contributed by atoms with Crippen molar-refractivity contribution in [3.63, 3.8) is 0 Å². The third kappa shape index (κ3) is 1.19. The molecule has 0 unspecified atom stereocenters. The molecule has 0 spiro atoms. The van der Waals surface area contributed by atoms with Crippen molar-refractivity contribution >= 4 is 0 Å². The van der Waals surface area contributed by atoms with E-state index in [0.717, 1.165) is 12.8 Å². The van der Waals surface area contributed by atoms with Crippen LogP contribution in [0.4, 0.5) is 0 Å². The Labute approximate surface area is 81.8 Å². The van der Waals surface area contributed by atoms with Crippen molar-refractivity contribution in [2.45, 2.75) is 18.4 Å². The summed E-state index contributed by atoms with van der Waals surface area (Å²) < 4.78 is 0. The Bertz CT molecular complexity index is 349. The van der Waals surface area contributed by atoms with Crippen LogP contribution in [0.15, 0.2) is 12.1 Å². The minimum absolute atomic E-state index is 0.0608. The molecule has 14 heavy (non-hydrogen) atoms. The van der Waals surface area contributed by atoms with Gasteiger partial charge in [-0.05, 0) is 19.9 Å². The third-order valence-corrected chi connectivity index (χ3v) is 2.79. The molecule has 4 nitrogen and oxygen atoms in total. The minimum Gasteiger partial charge on any atom is -0.508 e. The van der Waals surface area contributed by atoms with E-state index in [-0.39, 0.29) is 22.8 Å². The van der Waals surface area contributed by atoms with E-state index in [2.05, 4.69) is 5.32 Å².